The Balaban J connectivity index is 1.58. The van der Waals surface area contributed by atoms with Crippen molar-refractivity contribution in [3.05, 3.63) is 45.6 Å². The number of anilines is 2. The lowest BCUT2D eigenvalue weighted by Crippen LogP contribution is -2.41. The van der Waals surface area contributed by atoms with Crippen molar-refractivity contribution < 1.29 is 14.3 Å². The molecule has 2 aromatic rings. The number of thiophene rings is 1. The molecular weight excluding hydrogens is 398 g/mol. The van der Waals surface area contributed by atoms with Crippen LogP contribution in [0, 0.1) is 0 Å². The Hall–Kier alpha value is -1.93. The second-order valence-electron chi connectivity index (χ2n) is 6.56. The Labute approximate surface area is 173 Å². The molecular formula is C20H24ClN3O3S. The standard InChI is InChI=1S/C20H24ClN3O3S/c1-2-3-17(22-12-16-8-9-18(21)28-16)20(26)23-14-4-6-15(7-5-14)24-10-11-27-13-19(24)25/h4-9,17,22H,2-3,10-13H2,1H3,(H,23,26)/t17-/m1/s1. The zero-order valence-corrected chi connectivity index (χ0v) is 17.3. The molecule has 0 radical (unpaired) electrons. The van der Waals surface area contributed by atoms with E-state index in [-0.39, 0.29) is 24.5 Å². The first-order chi connectivity index (χ1) is 13.6. The first kappa shape index (κ1) is 20.8. The van der Waals surface area contributed by atoms with Gasteiger partial charge in [-0.1, -0.05) is 24.9 Å². The van der Waals surface area contributed by atoms with Crippen molar-refractivity contribution in [3.8, 4) is 0 Å². The summed E-state index contributed by atoms with van der Waals surface area (Å²) in [5.74, 6) is -0.122. The van der Waals surface area contributed by atoms with Crippen LogP contribution < -0.4 is 15.5 Å². The number of morpholine rings is 1. The molecule has 3 rings (SSSR count). The molecule has 1 fully saturated rings. The number of nitrogens with zero attached hydrogens (tertiary/aromatic N) is 1. The van der Waals surface area contributed by atoms with Crippen LogP contribution in [0.1, 0.15) is 24.6 Å². The Morgan fingerprint density at radius 1 is 1.29 bits per heavy atom. The van der Waals surface area contributed by atoms with Crippen LogP contribution in [0.4, 0.5) is 11.4 Å². The van der Waals surface area contributed by atoms with Crippen molar-refractivity contribution in [1.29, 1.82) is 0 Å². The Bertz CT molecular complexity index is 809. The molecule has 1 aromatic carbocycles. The van der Waals surface area contributed by atoms with Gasteiger partial charge in [0, 0.05) is 29.3 Å². The molecule has 1 aliphatic heterocycles. The lowest BCUT2D eigenvalue weighted by Gasteiger charge is -2.27. The Kier molecular flexibility index (Phi) is 7.44. The molecule has 1 atom stereocenters. The number of rotatable bonds is 8. The number of amides is 2. The van der Waals surface area contributed by atoms with Crippen LogP contribution in [0.5, 0.6) is 0 Å². The van der Waals surface area contributed by atoms with Crippen molar-refractivity contribution in [1.82, 2.24) is 5.32 Å². The predicted octanol–water partition coefficient (Wildman–Crippen LogP) is 3.66. The van der Waals surface area contributed by atoms with Gasteiger partial charge in [0.1, 0.15) is 6.61 Å². The highest BCUT2D eigenvalue weighted by atomic mass is 35.5. The first-order valence-electron chi connectivity index (χ1n) is 9.33. The van der Waals surface area contributed by atoms with Crippen molar-refractivity contribution >= 4 is 46.1 Å². The molecule has 0 bridgehead atoms. The summed E-state index contributed by atoms with van der Waals surface area (Å²) in [6.45, 7) is 3.84. The van der Waals surface area contributed by atoms with Gasteiger partial charge < -0.3 is 20.3 Å². The van der Waals surface area contributed by atoms with Crippen LogP contribution in [-0.2, 0) is 20.9 Å². The van der Waals surface area contributed by atoms with Crippen LogP contribution in [0.3, 0.4) is 0 Å². The number of carbonyl (C=O) groups is 2. The van der Waals surface area contributed by atoms with E-state index >= 15 is 0 Å². The minimum Gasteiger partial charge on any atom is -0.370 e. The molecule has 6 nitrogen and oxygen atoms in total. The van der Waals surface area contributed by atoms with Gasteiger partial charge in [0.15, 0.2) is 0 Å². The molecule has 2 amide bonds. The van der Waals surface area contributed by atoms with E-state index in [0.29, 0.717) is 25.4 Å². The van der Waals surface area contributed by atoms with Gasteiger partial charge in [-0.15, -0.1) is 11.3 Å². The van der Waals surface area contributed by atoms with Crippen LogP contribution >= 0.6 is 22.9 Å². The van der Waals surface area contributed by atoms with Crippen LogP contribution in [0.2, 0.25) is 4.34 Å². The number of halogens is 1. The highest BCUT2D eigenvalue weighted by molar-refractivity contribution is 7.16. The summed E-state index contributed by atoms with van der Waals surface area (Å²) in [4.78, 5) is 27.4. The summed E-state index contributed by atoms with van der Waals surface area (Å²) in [5.41, 5.74) is 1.51. The molecule has 2 heterocycles. The molecule has 28 heavy (non-hydrogen) atoms. The third-order valence-corrected chi connectivity index (χ3v) is 5.71. The van der Waals surface area contributed by atoms with E-state index in [0.717, 1.165) is 27.7 Å². The van der Waals surface area contributed by atoms with E-state index < -0.39 is 0 Å². The quantitative estimate of drug-likeness (QED) is 0.682. The van der Waals surface area contributed by atoms with E-state index in [2.05, 4.69) is 17.6 Å². The van der Waals surface area contributed by atoms with E-state index in [1.54, 1.807) is 4.90 Å². The number of hydrogen-bond donors (Lipinski definition) is 2. The fourth-order valence-electron chi connectivity index (χ4n) is 3.03. The molecule has 1 saturated heterocycles. The fourth-order valence-corrected chi connectivity index (χ4v) is 4.07. The second-order valence-corrected chi connectivity index (χ2v) is 8.36. The maximum atomic E-state index is 12.7. The average molecular weight is 422 g/mol. The van der Waals surface area contributed by atoms with Crippen LogP contribution in [0.15, 0.2) is 36.4 Å². The summed E-state index contributed by atoms with van der Waals surface area (Å²) in [7, 11) is 0. The van der Waals surface area contributed by atoms with Gasteiger partial charge in [0.25, 0.3) is 5.91 Å². The van der Waals surface area contributed by atoms with Gasteiger partial charge in [-0.3, -0.25) is 9.59 Å². The average Bonchev–Trinajstić information content (AvgIpc) is 3.11. The van der Waals surface area contributed by atoms with Crippen LogP contribution in [0.25, 0.3) is 0 Å². The summed E-state index contributed by atoms with van der Waals surface area (Å²) >= 11 is 7.47. The summed E-state index contributed by atoms with van der Waals surface area (Å²) < 4.78 is 5.90. The van der Waals surface area contributed by atoms with Crippen molar-refractivity contribution in [2.24, 2.45) is 0 Å². The Morgan fingerprint density at radius 2 is 2.07 bits per heavy atom. The summed E-state index contributed by atoms with van der Waals surface area (Å²) in [5, 5.41) is 6.27. The maximum absolute atomic E-state index is 12.7. The molecule has 0 unspecified atom stereocenters. The molecule has 0 aliphatic carbocycles. The van der Waals surface area contributed by atoms with Gasteiger partial charge in [-0.2, -0.15) is 0 Å². The maximum Gasteiger partial charge on any atom is 0.253 e. The van der Waals surface area contributed by atoms with Crippen LogP contribution in [-0.4, -0.2) is 37.6 Å². The number of benzene rings is 1. The zero-order valence-electron chi connectivity index (χ0n) is 15.7. The molecule has 0 spiro atoms. The second kappa shape index (κ2) is 10.0. The monoisotopic (exact) mass is 421 g/mol. The lowest BCUT2D eigenvalue weighted by atomic mass is 10.1. The highest BCUT2D eigenvalue weighted by Gasteiger charge is 2.21. The smallest absolute Gasteiger partial charge is 0.253 e. The SMILES string of the molecule is CCC[C@@H](NCc1ccc(Cl)s1)C(=O)Nc1ccc(N2CCOCC2=O)cc1. The topological polar surface area (TPSA) is 70.7 Å². The molecule has 8 heteroatoms. The number of nitrogens with one attached hydrogen (secondary N) is 2. The minimum atomic E-state index is -0.286. The van der Waals surface area contributed by atoms with E-state index in [4.69, 9.17) is 16.3 Å². The van der Waals surface area contributed by atoms with Gasteiger partial charge in [0.05, 0.1) is 17.0 Å². The lowest BCUT2D eigenvalue weighted by molar-refractivity contribution is -0.125. The van der Waals surface area contributed by atoms with Gasteiger partial charge in [-0.05, 0) is 42.8 Å². The molecule has 1 aromatic heterocycles. The molecule has 150 valence electrons. The third kappa shape index (κ3) is 5.54. The predicted molar refractivity (Wildman–Crippen MR) is 113 cm³/mol. The van der Waals surface area contributed by atoms with E-state index in [1.165, 1.54) is 11.3 Å². The largest absolute Gasteiger partial charge is 0.370 e. The molecule has 0 saturated carbocycles. The fraction of sp³-hybridized carbons (Fsp3) is 0.400. The van der Waals surface area contributed by atoms with Gasteiger partial charge in [0.2, 0.25) is 5.91 Å². The number of carbonyl (C=O) groups excluding carboxylic acids is 2. The number of hydrogen-bond acceptors (Lipinski definition) is 5. The van der Waals surface area contributed by atoms with E-state index in [1.807, 2.05) is 36.4 Å². The minimum absolute atomic E-state index is 0.0519. The van der Waals surface area contributed by atoms with Crippen molar-refractivity contribution in [3.63, 3.8) is 0 Å². The Morgan fingerprint density at radius 3 is 2.71 bits per heavy atom. The van der Waals surface area contributed by atoms with Crippen molar-refractivity contribution in [2.75, 3.05) is 30.0 Å². The van der Waals surface area contributed by atoms with Gasteiger partial charge >= 0.3 is 0 Å². The molecule has 1 aliphatic rings. The summed E-state index contributed by atoms with van der Waals surface area (Å²) in [6.07, 6.45) is 1.64. The normalized spacial score (nSPS) is 15.5. The third-order valence-electron chi connectivity index (χ3n) is 4.48. The highest BCUT2D eigenvalue weighted by Crippen LogP contribution is 2.22. The number of ether oxygens (including phenoxy) is 1. The van der Waals surface area contributed by atoms with E-state index in [9.17, 15) is 9.59 Å². The van der Waals surface area contributed by atoms with Gasteiger partial charge in [-0.25, -0.2) is 0 Å². The molecule has 2 N–H and O–H groups in total. The summed E-state index contributed by atoms with van der Waals surface area (Å²) in [6, 6.07) is 10.9. The zero-order chi connectivity index (χ0) is 19.9. The first-order valence-corrected chi connectivity index (χ1v) is 10.5. The van der Waals surface area contributed by atoms with Crippen molar-refractivity contribution in [2.45, 2.75) is 32.4 Å².